The summed E-state index contributed by atoms with van der Waals surface area (Å²) in [5, 5.41) is 2.92. The minimum absolute atomic E-state index is 0.0644. The zero-order valence-corrected chi connectivity index (χ0v) is 13.4. The number of anilines is 1. The standard InChI is InChI=1S/C20H19NO3/c1-23-17-11-9-16(10-12-17)21-20(22)14-18(19-8-5-13-24-19)15-6-3-2-4-7-15/h2-13,18H,14H2,1H3,(H,21,22)/t18-/m0/s1. The van der Waals surface area contributed by atoms with Crippen LogP contribution in [-0.4, -0.2) is 13.0 Å². The summed E-state index contributed by atoms with van der Waals surface area (Å²) in [7, 11) is 1.61. The highest BCUT2D eigenvalue weighted by Gasteiger charge is 2.20. The highest BCUT2D eigenvalue weighted by Crippen LogP contribution is 2.28. The normalized spacial score (nSPS) is 11.7. The summed E-state index contributed by atoms with van der Waals surface area (Å²) in [6.07, 6.45) is 1.94. The molecule has 0 unspecified atom stereocenters. The van der Waals surface area contributed by atoms with E-state index < -0.39 is 0 Å². The van der Waals surface area contributed by atoms with Crippen LogP contribution in [0.2, 0.25) is 0 Å². The lowest BCUT2D eigenvalue weighted by Gasteiger charge is -2.15. The number of hydrogen-bond donors (Lipinski definition) is 1. The Morgan fingerprint density at radius 3 is 2.42 bits per heavy atom. The maximum absolute atomic E-state index is 12.5. The molecule has 0 aliphatic rings. The van der Waals surface area contributed by atoms with Crippen LogP contribution in [-0.2, 0) is 4.79 Å². The van der Waals surface area contributed by atoms with Crippen LogP contribution in [0.4, 0.5) is 5.69 Å². The van der Waals surface area contributed by atoms with Gasteiger partial charge in [0.15, 0.2) is 0 Å². The fourth-order valence-electron chi connectivity index (χ4n) is 2.63. The average Bonchev–Trinajstić information content (AvgIpc) is 3.15. The van der Waals surface area contributed by atoms with Gasteiger partial charge in [-0.15, -0.1) is 0 Å². The van der Waals surface area contributed by atoms with E-state index in [9.17, 15) is 4.79 Å². The van der Waals surface area contributed by atoms with Crippen molar-refractivity contribution in [1.29, 1.82) is 0 Å². The van der Waals surface area contributed by atoms with Gasteiger partial charge in [-0.25, -0.2) is 0 Å². The van der Waals surface area contributed by atoms with Gasteiger partial charge in [0, 0.05) is 12.1 Å². The Labute approximate surface area is 141 Å². The number of amides is 1. The molecule has 0 aliphatic carbocycles. The van der Waals surface area contributed by atoms with E-state index in [-0.39, 0.29) is 11.8 Å². The molecular formula is C20H19NO3. The van der Waals surface area contributed by atoms with Crippen LogP contribution < -0.4 is 10.1 Å². The van der Waals surface area contributed by atoms with Crippen LogP contribution in [0.5, 0.6) is 5.75 Å². The second kappa shape index (κ2) is 7.51. The van der Waals surface area contributed by atoms with Gasteiger partial charge in [0.25, 0.3) is 0 Å². The third-order valence-corrected chi connectivity index (χ3v) is 3.85. The molecule has 1 heterocycles. The zero-order chi connectivity index (χ0) is 16.8. The lowest BCUT2D eigenvalue weighted by atomic mass is 9.93. The lowest BCUT2D eigenvalue weighted by Crippen LogP contribution is -2.16. The van der Waals surface area contributed by atoms with Gasteiger partial charge in [0.2, 0.25) is 5.91 Å². The fourth-order valence-corrected chi connectivity index (χ4v) is 2.63. The highest BCUT2D eigenvalue weighted by molar-refractivity contribution is 5.91. The molecule has 0 fully saturated rings. The van der Waals surface area contributed by atoms with Crippen LogP contribution in [0, 0.1) is 0 Å². The van der Waals surface area contributed by atoms with E-state index in [2.05, 4.69) is 5.32 Å². The number of carbonyl (C=O) groups excluding carboxylic acids is 1. The largest absolute Gasteiger partial charge is 0.497 e. The zero-order valence-electron chi connectivity index (χ0n) is 13.4. The van der Waals surface area contributed by atoms with Crippen molar-refractivity contribution in [2.45, 2.75) is 12.3 Å². The first-order chi connectivity index (χ1) is 11.8. The molecule has 1 N–H and O–H groups in total. The molecule has 122 valence electrons. The van der Waals surface area contributed by atoms with Crippen LogP contribution in [0.1, 0.15) is 23.7 Å². The van der Waals surface area contributed by atoms with Gasteiger partial charge in [-0.05, 0) is 42.0 Å². The molecule has 0 bridgehead atoms. The summed E-state index contributed by atoms with van der Waals surface area (Å²) in [5.74, 6) is 1.36. The monoisotopic (exact) mass is 321 g/mol. The molecule has 1 amide bonds. The molecular weight excluding hydrogens is 302 g/mol. The van der Waals surface area contributed by atoms with Crippen molar-refractivity contribution in [3.8, 4) is 5.75 Å². The van der Waals surface area contributed by atoms with Crippen LogP contribution in [0.3, 0.4) is 0 Å². The molecule has 1 aromatic heterocycles. The second-order valence-corrected chi connectivity index (χ2v) is 5.46. The molecule has 0 saturated heterocycles. The summed E-state index contributed by atoms with van der Waals surface area (Å²) in [5.41, 5.74) is 1.80. The molecule has 2 aromatic carbocycles. The van der Waals surface area contributed by atoms with Gasteiger partial charge < -0.3 is 14.5 Å². The predicted octanol–water partition coefficient (Wildman–Crippen LogP) is 4.45. The SMILES string of the molecule is COc1ccc(NC(=O)C[C@@H](c2ccccc2)c2ccco2)cc1. The van der Waals surface area contributed by atoms with E-state index >= 15 is 0 Å². The van der Waals surface area contributed by atoms with E-state index in [1.807, 2.05) is 66.7 Å². The van der Waals surface area contributed by atoms with Gasteiger partial charge >= 0.3 is 0 Å². The van der Waals surface area contributed by atoms with Gasteiger partial charge in [-0.2, -0.15) is 0 Å². The number of ether oxygens (including phenoxy) is 1. The fraction of sp³-hybridized carbons (Fsp3) is 0.150. The Morgan fingerprint density at radius 1 is 1.04 bits per heavy atom. The molecule has 24 heavy (non-hydrogen) atoms. The second-order valence-electron chi connectivity index (χ2n) is 5.46. The number of rotatable bonds is 6. The minimum Gasteiger partial charge on any atom is -0.497 e. The van der Waals surface area contributed by atoms with Crippen molar-refractivity contribution >= 4 is 11.6 Å². The predicted molar refractivity (Wildman–Crippen MR) is 93.2 cm³/mol. The quantitative estimate of drug-likeness (QED) is 0.730. The summed E-state index contributed by atoms with van der Waals surface area (Å²) < 4.78 is 10.7. The molecule has 0 saturated carbocycles. The Kier molecular flexibility index (Phi) is 4.96. The topological polar surface area (TPSA) is 51.5 Å². The van der Waals surface area contributed by atoms with Gasteiger partial charge in [0.05, 0.1) is 19.3 Å². The van der Waals surface area contributed by atoms with Crippen molar-refractivity contribution in [3.63, 3.8) is 0 Å². The number of furan rings is 1. The third kappa shape index (κ3) is 3.84. The first-order valence-corrected chi connectivity index (χ1v) is 7.78. The number of hydrogen-bond acceptors (Lipinski definition) is 3. The molecule has 4 heteroatoms. The summed E-state index contributed by atoms with van der Waals surface area (Å²) in [4.78, 5) is 12.5. The van der Waals surface area contributed by atoms with Crippen LogP contribution >= 0.6 is 0 Å². The summed E-state index contributed by atoms with van der Waals surface area (Å²) >= 11 is 0. The minimum atomic E-state index is -0.112. The number of benzene rings is 2. The summed E-state index contributed by atoms with van der Waals surface area (Å²) in [6.45, 7) is 0. The first kappa shape index (κ1) is 15.9. The van der Waals surface area contributed by atoms with Crippen molar-refractivity contribution in [2.75, 3.05) is 12.4 Å². The highest BCUT2D eigenvalue weighted by atomic mass is 16.5. The van der Waals surface area contributed by atoms with Crippen LogP contribution in [0.25, 0.3) is 0 Å². The van der Waals surface area contributed by atoms with E-state index in [0.717, 1.165) is 22.8 Å². The van der Waals surface area contributed by atoms with Crippen LogP contribution in [0.15, 0.2) is 77.4 Å². The Balaban J connectivity index is 1.73. The maximum atomic E-state index is 12.5. The van der Waals surface area contributed by atoms with Crippen molar-refractivity contribution in [2.24, 2.45) is 0 Å². The molecule has 1 atom stereocenters. The average molecular weight is 321 g/mol. The van der Waals surface area contributed by atoms with E-state index in [1.54, 1.807) is 13.4 Å². The van der Waals surface area contributed by atoms with E-state index in [4.69, 9.17) is 9.15 Å². The smallest absolute Gasteiger partial charge is 0.225 e. The molecule has 4 nitrogen and oxygen atoms in total. The molecule has 3 aromatic rings. The van der Waals surface area contributed by atoms with Gasteiger partial charge in [-0.1, -0.05) is 30.3 Å². The molecule has 0 radical (unpaired) electrons. The Hall–Kier alpha value is -3.01. The van der Waals surface area contributed by atoms with E-state index in [1.165, 1.54) is 0 Å². The molecule has 3 rings (SSSR count). The lowest BCUT2D eigenvalue weighted by molar-refractivity contribution is -0.116. The first-order valence-electron chi connectivity index (χ1n) is 7.78. The van der Waals surface area contributed by atoms with E-state index in [0.29, 0.717) is 6.42 Å². The Morgan fingerprint density at radius 2 is 1.79 bits per heavy atom. The number of nitrogens with one attached hydrogen (secondary N) is 1. The molecule has 0 spiro atoms. The molecule has 0 aliphatic heterocycles. The van der Waals surface area contributed by atoms with Gasteiger partial charge in [-0.3, -0.25) is 4.79 Å². The Bertz CT molecular complexity index is 764. The van der Waals surface area contributed by atoms with Crippen molar-refractivity contribution in [1.82, 2.24) is 0 Å². The number of methoxy groups -OCH3 is 1. The van der Waals surface area contributed by atoms with Gasteiger partial charge in [0.1, 0.15) is 11.5 Å². The third-order valence-electron chi connectivity index (χ3n) is 3.85. The van der Waals surface area contributed by atoms with Crippen molar-refractivity contribution < 1.29 is 13.9 Å². The maximum Gasteiger partial charge on any atom is 0.225 e. The number of carbonyl (C=O) groups is 1. The summed E-state index contributed by atoms with van der Waals surface area (Å²) in [6, 6.07) is 20.9. The van der Waals surface area contributed by atoms with Crippen molar-refractivity contribution in [3.05, 3.63) is 84.3 Å².